The summed E-state index contributed by atoms with van der Waals surface area (Å²) in [7, 11) is 0.901. The van der Waals surface area contributed by atoms with Crippen molar-refractivity contribution in [1.82, 2.24) is 9.97 Å². The molecule has 2 aromatic carbocycles. The number of amides is 1. The lowest BCUT2D eigenvalue weighted by Gasteiger charge is -2.21. The van der Waals surface area contributed by atoms with Crippen LogP contribution in [-0.2, 0) is 10.0 Å². The maximum Gasteiger partial charge on any atom is 0.261 e. The van der Waals surface area contributed by atoms with Crippen LogP contribution >= 0.6 is 11.3 Å². The lowest BCUT2D eigenvalue weighted by atomic mass is 9.99. The normalized spacial score (nSPS) is 11.7. The molecule has 0 unspecified atom stereocenters. The third-order valence-electron chi connectivity index (χ3n) is 7.22. The highest BCUT2D eigenvalue weighted by molar-refractivity contribution is 7.92. The van der Waals surface area contributed by atoms with Crippen molar-refractivity contribution < 1.29 is 26.8 Å². The third-order valence-corrected chi connectivity index (χ3v) is 9.53. The molecule has 4 aromatic heterocycles. The van der Waals surface area contributed by atoms with E-state index < -0.39 is 15.8 Å². The number of hydrogen-bond donors (Lipinski definition) is 0. The average molecular weight is 617 g/mol. The van der Waals surface area contributed by atoms with E-state index in [1.54, 1.807) is 37.8 Å². The molecule has 0 aliphatic rings. The molecule has 1 amide bonds. The minimum atomic E-state index is -3.67. The van der Waals surface area contributed by atoms with E-state index in [4.69, 9.17) is 9.15 Å². The largest absolute Gasteiger partial charge is 0.481 e. The minimum Gasteiger partial charge on any atom is -0.481 e. The number of pyridine rings is 2. The van der Waals surface area contributed by atoms with Crippen molar-refractivity contribution in [3.63, 3.8) is 0 Å². The fourth-order valence-electron chi connectivity index (χ4n) is 4.82. The van der Waals surface area contributed by atoms with Crippen LogP contribution in [0.2, 0.25) is 0 Å². The van der Waals surface area contributed by atoms with Crippen molar-refractivity contribution >= 4 is 59.7 Å². The molecule has 0 bridgehead atoms. The molecule has 0 radical (unpaired) electrons. The van der Waals surface area contributed by atoms with Gasteiger partial charge in [-0.25, -0.2) is 17.8 Å². The van der Waals surface area contributed by atoms with Gasteiger partial charge in [0.25, 0.3) is 5.91 Å². The Kier molecular flexibility index (Phi) is 7.10. The zero-order valence-corrected chi connectivity index (χ0v) is 25.2. The summed E-state index contributed by atoms with van der Waals surface area (Å²) < 4.78 is 52.4. The third kappa shape index (κ3) is 5.19. The molecular weight excluding hydrogens is 591 g/mol. The highest BCUT2D eigenvalue weighted by Crippen LogP contribution is 2.42. The summed E-state index contributed by atoms with van der Waals surface area (Å²) in [5.74, 6) is -0.388. The molecule has 6 aromatic rings. The number of aromatic nitrogens is 2. The summed E-state index contributed by atoms with van der Waals surface area (Å²) in [5, 5.41) is 1.50. The minimum absolute atomic E-state index is 0.260. The monoisotopic (exact) mass is 616 g/mol. The van der Waals surface area contributed by atoms with E-state index in [0.29, 0.717) is 44.9 Å². The van der Waals surface area contributed by atoms with Gasteiger partial charge in [0, 0.05) is 65.8 Å². The number of ether oxygens (including phenoxy) is 1. The van der Waals surface area contributed by atoms with E-state index in [1.165, 1.54) is 60.9 Å². The van der Waals surface area contributed by atoms with Crippen molar-refractivity contribution in [3.05, 3.63) is 90.8 Å². The van der Waals surface area contributed by atoms with E-state index >= 15 is 0 Å². The Hall–Kier alpha value is -4.81. The fraction of sp³-hybridized carbons (Fsp3) is 0.129. The van der Waals surface area contributed by atoms with Crippen molar-refractivity contribution in [2.24, 2.45) is 0 Å². The van der Waals surface area contributed by atoms with Gasteiger partial charge in [-0.05, 0) is 53.9 Å². The number of rotatable bonds is 7. The number of fused-ring (bicyclic) bond motifs is 2. The summed E-state index contributed by atoms with van der Waals surface area (Å²) in [5.41, 5.74) is 3.25. The number of nitrogens with zero attached hydrogens (tertiary/aromatic N) is 4. The average Bonchev–Trinajstić information content (AvgIpc) is 3.63. The van der Waals surface area contributed by atoms with E-state index in [1.807, 2.05) is 18.2 Å². The number of anilines is 2. The summed E-state index contributed by atoms with van der Waals surface area (Å²) in [6.45, 7) is 0. The molecule has 0 saturated heterocycles. The highest BCUT2D eigenvalue weighted by atomic mass is 32.2. The highest BCUT2D eigenvalue weighted by Gasteiger charge is 2.25. The van der Waals surface area contributed by atoms with Crippen LogP contribution < -0.4 is 13.9 Å². The quantitative estimate of drug-likeness (QED) is 0.199. The zero-order valence-electron chi connectivity index (χ0n) is 23.5. The number of halogens is 1. The molecule has 0 fully saturated rings. The van der Waals surface area contributed by atoms with Crippen LogP contribution in [0.15, 0.2) is 83.9 Å². The standard InChI is InChI=1S/C31H25FN4O5S2/c1-35(21-7-5-20(32)6-8-21)31(37)25-17-41-27-14-26(36(2)43(4,38)39)22(13-23(25)27)19-11-24(30(40-3)34-15-19)28-12-18-9-10-33-16-29(18)42-28/h5-17H,1-4H3. The number of methoxy groups -OCH3 is 1. The predicted octanol–water partition coefficient (Wildman–Crippen LogP) is 6.59. The molecule has 0 atom stereocenters. The molecule has 0 spiro atoms. The first-order valence-electron chi connectivity index (χ1n) is 13.0. The Morgan fingerprint density at radius 3 is 2.49 bits per heavy atom. The first kappa shape index (κ1) is 28.3. The van der Waals surface area contributed by atoms with Crippen LogP contribution in [-0.4, -0.2) is 51.8 Å². The summed E-state index contributed by atoms with van der Waals surface area (Å²) in [6.07, 6.45) is 7.57. The second-order valence-corrected chi connectivity index (χ2v) is 13.0. The predicted molar refractivity (Wildman–Crippen MR) is 167 cm³/mol. The maximum atomic E-state index is 13.6. The molecule has 9 nitrogen and oxygen atoms in total. The number of furan rings is 1. The number of carbonyl (C=O) groups is 1. The Balaban J connectivity index is 1.53. The molecule has 4 heterocycles. The van der Waals surface area contributed by atoms with E-state index in [0.717, 1.165) is 25.5 Å². The van der Waals surface area contributed by atoms with Crippen LogP contribution in [0.1, 0.15) is 10.4 Å². The lowest BCUT2D eigenvalue weighted by Crippen LogP contribution is -2.26. The van der Waals surface area contributed by atoms with Crippen molar-refractivity contribution in [2.75, 3.05) is 36.7 Å². The molecule has 12 heteroatoms. The summed E-state index contributed by atoms with van der Waals surface area (Å²) >= 11 is 1.53. The van der Waals surface area contributed by atoms with E-state index in [2.05, 4.69) is 9.97 Å². The van der Waals surface area contributed by atoms with Gasteiger partial charge in [0.1, 0.15) is 17.7 Å². The number of hydrogen-bond acceptors (Lipinski definition) is 8. The lowest BCUT2D eigenvalue weighted by molar-refractivity contribution is 0.0993. The van der Waals surface area contributed by atoms with Crippen LogP contribution in [0.4, 0.5) is 15.8 Å². The van der Waals surface area contributed by atoms with Gasteiger partial charge in [0.05, 0.1) is 34.9 Å². The zero-order chi connectivity index (χ0) is 30.5. The van der Waals surface area contributed by atoms with Crippen LogP contribution in [0, 0.1) is 5.82 Å². The van der Waals surface area contributed by atoms with Crippen LogP contribution in [0.3, 0.4) is 0 Å². The van der Waals surface area contributed by atoms with Gasteiger partial charge in [-0.2, -0.15) is 0 Å². The number of thiophene rings is 1. The summed E-state index contributed by atoms with van der Waals surface area (Å²) in [4.78, 5) is 24.6. The maximum absolute atomic E-state index is 13.6. The first-order chi connectivity index (χ1) is 20.5. The second-order valence-electron chi connectivity index (χ2n) is 9.89. The molecule has 0 aliphatic heterocycles. The molecule has 218 valence electrons. The van der Waals surface area contributed by atoms with Crippen molar-refractivity contribution in [1.29, 1.82) is 0 Å². The van der Waals surface area contributed by atoms with Gasteiger partial charge in [0.2, 0.25) is 15.9 Å². The first-order valence-corrected chi connectivity index (χ1v) is 15.6. The number of sulfonamides is 1. The van der Waals surface area contributed by atoms with Gasteiger partial charge in [-0.3, -0.25) is 14.1 Å². The SMILES string of the molecule is COc1ncc(-c2cc3c(C(=O)N(C)c4ccc(F)cc4)coc3cc2N(C)S(C)(=O)=O)cc1-c1cc2ccncc2s1. The Morgan fingerprint density at radius 1 is 1.02 bits per heavy atom. The van der Waals surface area contributed by atoms with Crippen LogP contribution in [0.5, 0.6) is 5.88 Å². The van der Waals surface area contributed by atoms with Crippen molar-refractivity contribution in [3.8, 4) is 27.4 Å². The Morgan fingerprint density at radius 2 is 1.79 bits per heavy atom. The van der Waals surface area contributed by atoms with E-state index in [-0.39, 0.29) is 11.5 Å². The Bertz CT molecular complexity index is 2090. The molecule has 6 rings (SSSR count). The fourth-order valence-corrected chi connectivity index (χ4v) is 6.36. The second kappa shape index (κ2) is 10.8. The van der Waals surface area contributed by atoms with Crippen molar-refractivity contribution in [2.45, 2.75) is 0 Å². The van der Waals surface area contributed by atoms with Crippen LogP contribution in [0.25, 0.3) is 42.6 Å². The number of carbonyl (C=O) groups excluding carboxylic acids is 1. The van der Waals surface area contributed by atoms with E-state index in [9.17, 15) is 17.6 Å². The summed E-state index contributed by atoms with van der Waals surface area (Å²) in [6, 6.07) is 14.7. The Labute approximate surface area is 250 Å². The van der Waals surface area contributed by atoms with Gasteiger partial charge in [-0.1, -0.05) is 0 Å². The smallest absolute Gasteiger partial charge is 0.261 e. The number of benzene rings is 2. The molecule has 0 N–H and O–H groups in total. The molecule has 0 aliphatic carbocycles. The molecule has 43 heavy (non-hydrogen) atoms. The van der Waals surface area contributed by atoms with Gasteiger partial charge < -0.3 is 14.1 Å². The van der Waals surface area contributed by atoms with Gasteiger partial charge >= 0.3 is 0 Å². The molecule has 0 saturated carbocycles. The molecular formula is C31H25FN4O5S2. The van der Waals surface area contributed by atoms with Gasteiger partial charge in [-0.15, -0.1) is 11.3 Å². The van der Waals surface area contributed by atoms with Gasteiger partial charge in [0.15, 0.2) is 0 Å². The topological polar surface area (TPSA) is 106 Å².